The van der Waals surface area contributed by atoms with Gasteiger partial charge in [-0.15, -0.1) is 0 Å². The molecule has 1 fully saturated rings. The van der Waals surface area contributed by atoms with Gasteiger partial charge in [0.2, 0.25) is 0 Å². The molecule has 1 heterocycles. The van der Waals surface area contributed by atoms with Gasteiger partial charge in [-0.05, 0) is 37.6 Å². The van der Waals surface area contributed by atoms with Crippen LogP contribution in [0, 0.1) is 5.92 Å². The Kier molecular flexibility index (Phi) is 4.04. The van der Waals surface area contributed by atoms with Crippen LogP contribution in [0.2, 0.25) is 0 Å². The molecule has 0 saturated carbocycles. The largest absolute Gasteiger partial charge is 0.445 e. The number of halogens is 1. The Morgan fingerprint density at radius 1 is 1.45 bits per heavy atom. The number of carbonyl (C=O) groups excluding carboxylic acids is 1. The molecule has 1 aliphatic heterocycles. The fourth-order valence-electron chi connectivity index (χ4n) is 2.45. The third kappa shape index (κ3) is 4.51. The lowest BCUT2D eigenvalue weighted by Crippen LogP contribution is -2.39. The highest BCUT2D eigenvalue weighted by molar-refractivity contribution is 5.67. The fourth-order valence-corrected chi connectivity index (χ4v) is 2.45. The molecule has 0 bridgehead atoms. The van der Waals surface area contributed by atoms with Crippen molar-refractivity contribution in [3.8, 4) is 0 Å². The average molecular weight is 282 g/mol. The van der Waals surface area contributed by atoms with E-state index >= 15 is 0 Å². The molecule has 1 saturated heterocycles. The Hall–Kier alpha value is -1.58. The van der Waals surface area contributed by atoms with Crippen LogP contribution in [0.1, 0.15) is 35.8 Å². The van der Waals surface area contributed by atoms with Gasteiger partial charge in [0.15, 0.2) is 0 Å². The van der Waals surface area contributed by atoms with Gasteiger partial charge in [-0.1, -0.05) is 30.3 Å². The second-order valence-electron chi connectivity index (χ2n) is 5.17. The van der Waals surface area contributed by atoms with E-state index in [0.29, 0.717) is 25.9 Å². The Balaban J connectivity index is 1.72. The van der Waals surface area contributed by atoms with Crippen LogP contribution >= 0.6 is 0 Å². The Morgan fingerprint density at radius 3 is 2.80 bits per heavy atom. The van der Waals surface area contributed by atoms with Crippen LogP contribution in [-0.4, -0.2) is 30.3 Å². The van der Waals surface area contributed by atoms with Crippen LogP contribution < -0.4 is 0 Å². The van der Waals surface area contributed by atoms with Crippen molar-refractivity contribution >= 4 is 6.09 Å². The second kappa shape index (κ2) is 7.27. The molecule has 0 aliphatic carbocycles. The van der Waals surface area contributed by atoms with E-state index in [1.54, 1.807) is 4.90 Å². The minimum atomic E-state index is -2.55. The highest BCUT2D eigenvalue weighted by Gasteiger charge is 2.24. The fraction of sp³-hybridized carbons (Fsp3) is 0.562. The molecule has 1 aromatic rings. The molecule has 1 amide bonds. The van der Waals surface area contributed by atoms with Crippen LogP contribution in [0.4, 0.5) is 9.18 Å². The summed E-state index contributed by atoms with van der Waals surface area (Å²) in [6.07, 6.45) is -0.916. The molecule has 1 aromatic carbocycles. The summed E-state index contributed by atoms with van der Waals surface area (Å²) >= 11 is 0. The van der Waals surface area contributed by atoms with Crippen molar-refractivity contribution in [1.29, 1.82) is 0 Å². The van der Waals surface area contributed by atoms with Gasteiger partial charge in [-0.3, -0.25) is 0 Å². The van der Waals surface area contributed by atoms with Gasteiger partial charge >= 0.3 is 6.09 Å². The standard InChI is InChI=1S/C16H22FNO2/c1-13(17)11-14-7-9-18(10-8-14)16(19)20-12-15-5-3-2-4-6-15/h2-6,13-14H,7-12H2,1H3/t13-/m0/s1/i1D3. The lowest BCUT2D eigenvalue weighted by molar-refractivity contribution is 0.0792. The van der Waals surface area contributed by atoms with E-state index in [1.165, 1.54) is 0 Å². The van der Waals surface area contributed by atoms with E-state index in [2.05, 4.69) is 0 Å². The number of ether oxygens (including phenoxy) is 1. The van der Waals surface area contributed by atoms with Crippen LogP contribution in [0.5, 0.6) is 0 Å². The van der Waals surface area contributed by atoms with Crippen molar-refractivity contribution in [1.82, 2.24) is 4.90 Å². The number of benzene rings is 1. The van der Waals surface area contributed by atoms with Gasteiger partial charge in [0.25, 0.3) is 0 Å². The summed E-state index contributed by atoms with van der Waals surface area (Å²) in [5, 5.41) is 0. The molecule has 20 heavy (non-hydrogen) atoms. The first-order valence-corrected chi connectivity index (χ1v) is 6.96. The zero-order valence-electron chi connectivity index (χ0n) is 14.4. The SMILES string of the molecule is [2H]C([2H])([2H])[C@H](F)CC1CCN(C(=O)OCc2ccccc2)CC1. The minimum absolute atomic E-state index is 0.00333. The number of likely N-dealkylation sites (tertiary alicyclic amines) is 1. The first-order valence-electron chi connectivity index (χ1n) is 8.46. The van der Waals surface area contributed by atoms with E-state index in [0.717, 1.165) is 5.56 Å². The molecular weight excluding hydrogens is 257 g/mol. The topological polar surface area (TPSA) is 29.5 Å². The van der Waals surface area contributed by atoms with Gasteiger partial charge in [-0.25, -0.2) is 9.18 Å². The number of carbonyl (C=O) groups is 1. The molecule has 110 valence electrons. The predicted molar refractivity (Wildman–Crippen MR) is 76.1 cm³/mol. The number of nitrogens with zero attached hydrogens (tertiary/aromatic N) is 1. The van der Waals surface area contributed by atoms with E-state index in [-0.39, 0.29) is 25.0 Å². The number of amides is 1. The summed E-state index contributed by atoms with van der Waals surface area (Å²) in [5.41, 5.74) is 0.925. The summed E-state index contributed by atoms with van der Waals surface area (Å²) in [4.78, 5) is 13.6. The maximum absolute atomic E-state index is 13.6. The molecule has 4 heteroatoms. The predicted octanol–water partition coefficient (Wildman–Crippen LogP) is 3.78. The summed E-state index contributed by atoms with van der Waals surface area (Å²) in [7, 11) is 0. The molecule has 0 radical (unpaired) electrons. The van der Waals surface area contributed by atoms with E-state index in [9.17, 15) is 9.18 Å². The molecule has 0 unspecified atom stereocenters. The monoisotopic (exact) mass is 282 g/mol. The van der Waals surface area contributed by atoms with Crippen molar-refractivity contribution in [2.75, 3.05) is 13.1 Å². The molecule has 0 spiro atoms. The van der Waals surface area contributed by atoms with E-state index in [1.807, 2.05) is 30.3 Å². The average Bonchev–Trinajstić information content (AvgIpc) is 2.53. The lowest BCUT2D eigenvalue weighted by atomic mass is 9.92. The normalized spacial score (nSPS) is 20.6. The maximum Gasteiger partial charge on any atom is 0.410 e. The molecule has 0 N–H and O–H groups in total. The lowest BCUT2D eigenvalue weighted by Gasteiger charge is -2.31. The molecule has 1 aliphatic rings. The third-order valence-corrected chi connectivity index (χ3v) is 3.62. The van der Waals surface area contributed by atoms with Gasteiger partial charge in [0.1, 0.15) is 6.61 Å². The van der Waals surface area contributed by atoms with Gasteiger partial charge in [0.05, 0.1) is 6.17 Å². The molecule has 2 rings (SSSR count). The van der Waals surface area contributed by atoms with Crippen LogP contribution in [0.3, 0.4) is 0 Å². The summed E-state index contributed by atoms with van der Waals surface area (Å²) in [6.45, 7) is -1.37. The molecular formula is C16H22FNO2. The van der Waals surface area contributed by atoms with Crippen molar-refractivity contribution in [3.63, 3.8) is 0 Å². The summed E-state index contributed by atoms with van der Waals surface area (Å²) < 4.78 is 40.1. The van der Waals surface area contributed by atoms with Crippen LogP contribution in [-0.2, 0) is 11.3 Å². The summed E-state index contributed by atoms with van der Waals surface area (Å²) in [5.74, 6) is 0.00333. The highest BCUT2D eigenvalue weighted by atomic mass is 19.1. The number of hydrogen-bond donors (Lipinski definition) is 0. The first-order chi connectivity index (χ1) is 10.9. The highest BCUT2D eigenvalue weighted by Crippen LogP contribution is 2.23. The van der Waals surface area contributed by atoms with Crippen molar-refractivity contribution in [2.24, 2.45) is 5.92 Å². The number of piperidine rings is 1. The summed E-state index contributed by atoms with van der Waals surface area (Å²) in [6, 6.07) is 9.43. The van der Waals surface area contributed by atoms with E-state index < -0.39 is 13.0 Å². The molecule has 0 aromatic heterocycles. The van der Waals surface area contributed by atoms with E-state index in [4.69, 9.17) is 8.85 Å². The molecule has 1 atom stereocenters. The molecule has 3 nitrogen and oxygen atoms in total. The smallest absolute Gasteiger partial charge is 0.410 e. The third-order valence-electron chi connectivity index (χ3n) is 3.62. The van der Waals surface area contributed by atoms with Crippen LogP contribution in [0.15, 0.2) is 30.3 Å². The quantitative estimate of drug-likeness (QED) is 0.841. The zero-order chi connectivity index (χ0) is 16.9. The van der Waals surface area contributed by atoms with Gasteiger partial charge < -0.3 is 9.64 Å². The van der Waals surface area contributed by atoms with Crippen molar-refractivity contribution < 1.29 is 18.0 Å². The van der Waals surface area contributed by atoms with Crippen LogP contribution in [0.25, 0.3) is 0 Å². The second-order valence-corrected chi connectivity index (χ2v) is 5.17. The van der Waals surface area contributed by atoms with Crippen molar-refractivity contribution in [3.05, 3.63) is 35.9 Å². The van der Waals surface area contributed by atoms with Gasteiger partial charge in [-0.2, -0.15) is 0 Å². The minimum Gasteiger partial charge on any atom is -0.445 e. The Morgan fingerprint density at radius 2 is 2.15 bits per heavy atom. The maximum atomic E-state index is 13.6. The van der Waals surface area contributed by atoms with Gasteiger partial charge in [0, 0.05) is 17.2 Å². The number of rotatable bonds is 4. The van der Waals surface area contributed by atoms with Crippen molar-refractivity contribution in [2.45, 2.75) is 38.9 Å². The Bertz CT molecular complexity index is 502. The Labute approximate surface area is 123 Å². The first kappa shape index (κ1) is 11.1. The zero-order valence-corrected chi connectivity index (χ0v) is 11.4. The number of hydrogen-bond acceptors (Lipinski definition) is 2. The number of alkyl halides is 1.